The van der Waals surface area contributed by atoms with Crippen LogP contribution in [0.25, 0.3) is 0 Å². The molecule has 0 spiro atoms. The van der Waals surface area contributed by atoms with E-state index in [0.717, 1.165) is 22.0 Å². The van der Waals surface area contributed by atoms with E-state index in [4.69, 9.17) is 4.42 Å². The van der Waals surface area contributed by atoms with Crippen molar-refractivity contribution in [1.82, 2.24) is 0 Å². The summed E-state index contributed by atoms with van der Waals surface area (Å²) >= 11 is 1.66. The zero-order chi connectivity index (χ0) is 12.1. The molecule has 1 unspecified atom stereocenters. The molecule has 0 fully saturated rings. The molecule has 17 heavy (non-hydrogen) atoms. The van der Waals surface area contributed by atoms with Gasteiger partial charge in [-0.1, -0.05) is 30.3 Å². The Hall–Kier alpha value is -1.66. The van der Waals surface area contributed by atoms with Gasteiger partial charge in [-0.25, -0.2) is 0 Å². The van der Waals surface area contributed by atoms with Crippen molar-refractivity contribution in [2.45, 2.75) is 17.7 Å². The second kappa shape index (κ2) is 5.60. The summed E-state index contributed by atoms with van der Waals surface area (Å²) in [4.78, 5) is 1.11. The number of rotatable bonds is 4. The van der Waals surface area contributed by atoms with Gasteiger partial charge in [-0.05, 0) is 18.6 Å². The molecule has 0 bridgehead atoms. The van der Waals surface area contributed by atoms with Gasteiger partial charge in [0, 0.05) is 10.6 Å². The highest BCUT2D eigenvalue weighted by Crippen LogP contribution is 2.28. The molecule has 1 aromatic heterocycles. The fourth-order valence-electron chi connectivity index (χ4n) is 1.59. The van der Waals surface area contributed by atoms with Crippen LogP contribution in [0.15, 0.2) is 52.0 Å². The zero-order valence-electron chi connectivity index (χ0n) is 9.59. The summed E-state index contributed by atoms with van der Waals surface area (Å²) in [6.07, 6.45) is 1.68. The van der Waals surface area contributed by atoms with Crippen LogP contribution >= 0.6 is 11.8 Å². The van der Waals surface area contributed by atoms with Crippen LogP contribution < -0.4 is 0 Å². The third-order valence-corrected chi connectivity index (χ3v) is 3.81. The Kier molecular flexibility index (Phi) is 3.89. The fraction of sp³-hybridized carbons (Fsp3) is 0.214. The Bertz CT molecular complexity index is 513. The van der Waals surface area contributed by atoms with E-state index in [-0.39, 0.29) is 5.92 Å². The van der Waals surface area contributed by atoms with E-state index < -0.39 is 0 Å². The molecule has 0 aliphatic heterocycles. The summed E-state index contributed by atoms with van der Waals surface area (Å²) in [5.74, 6) is 1.59. The number of aryl methyl sites for hydroxylation is 1. The standard InChI is InChI=1S/C14H13NOS/c1-11-14(7-8-16-11)17-10-13(9-15)12-5-3-2-4-6-12/h2-8,13H,10H2,1H3. The van der Waals surface area contributed by atoms with Crippen molar-refractivity contribution < 1.29 is 4.42 Å². The van der Waals surface area contributed by atoms with Gasteiger partial charge in [-0.2, -0.15) is 5.26 Å². The van der Waals surface area contributed by atoms with Crippen LogP contribution in [0, 0.1) is 18.3 Å². The van der Waals surface area contributed by atoms with Gasteiger partial charge < -0.3 is 4.42 Å². The van der Waals surface area contributed by atoms with Crippen molar-refractivity contribution in [3.63, 3.8) is 0 Å². The van der Waals surface area contributed by atoms with Crippen LogP contribution in [0.5, 0.6) is 0 Å². The maximum Gasteiger partial charge on any atom is 0.114 e. The molecular formula is C14H13NOS. The summed E-state index contributed by atoms with van der Waals surface area (Å²) < 4.78 is 5.23. The van der Waals surface area contributed by atoms with Crippen LogP contribution in [0.3, 0.4) is 0 Å². The second-order valence-electron chi connectivity index (χ2n) is 3.74. The molecule has 3 heteroatoms. The lowest BCUT2D eigenvalue weighted by atomic mass is 10.0. The highest BCUT2D eigenvalue weighted by atomic mass is 32.2. The van der Waals surface area contributed by atoms with Gasteiger partial charge in [0.2, 0.25) is 0 Å². The monoisotopic (exact) mass is 243 g/mol. The number of thioether (sulfide) groups is 1. The van der Waals surface area contributed by atoms with E-state index in [0.29, 0.717) is 0 Å². The van der Waals surface area contributed by atoms with Crippen molar-refractivity contribution in [2.75, 3.05) is 5.75 Å². The molecule has 0 N–H and O–H groups in total. The van der Waals surface area contributed by atoms with Gasteiger partial charge in [0.1, 0.15) is 5.76 Å². The molecule has 0 amide bonds. The van der Waals surface area contributed by atoms with E-state index in [2.05, 4.69) is 6.07 Å². The first kappa shape index (κ1) is 11.8. The molecule has 2 rings (SSSR count). The third-order valence-electron chi connectivity index (χ3n) is 2.57. The number of hydrogen-bond donors (Lipinski definition) is 0. The Labute approximate surface area is 105 Å². The van der Waals surface area contributed by atoms with E-state index in [1.165, 1.54) is 0 Å². The number of hydrogen-bond acceptors (Lipinski definition) is 3. The summed E-state index contributed by atoms with van der Waals surface area (Å²) in [7, 11) is 0. The molecule has 86 valence electrons. The van der Waals surface area contributed by atoms with Crippen molar-refractivity contribution in [1.29, 1.82) is 5.26 Å². The Morgan fingerprint density at radius 1 is 1.29 bits per heavy atom. The quantitative estimate of drug-likeness (QED) is 0.762. The topological polar surface area (TPSA) is 36.9 Å². The summed E-state index contributed by atoms with van der Waals surface area (Å²) in [6, 6.07) is 14.2. The summed E-state index contributed by atoms with van der Waals surface area (Å²) in [5, 5.41) is 9.19. The number of benzene rings is 1. The molecule has 1 heterocycles. The Morgan fingerprint density at radius 2 is 2.06 bits per heavy atom. The molecule has 1 atom stereocenters. The molecule has 0 saturated carbocycles. The average Bonchev–Trinajstić information content (AvgIpc) is 2.77. The largest absolute Gasteiger partial charge is 0.468 e. The molecule has 0 radical (unpaired) electrons. The summed E-state index contributed by atoms with van der Waals surface area (Å²) in [5.41, 5.74) is 1.07. The maximum atomic E-state index is 9.19. The molecule has 2 nitrogen and oxygen atoms in total. The smallest absolute Gasteiger partial charge is 0.114 e. The molecule has 0 saturated heterocycles. The van der Waals surface area contributed by atoms with E-state index in [1.54, 1.807) is 18.0 Å². The lowest BCUT2D eigenvalue weighted by molar-refractivity contribution is 0.527. The van der Waals surface area contributed by atoms with Crippen molar-refractivity contribution in [3.8, 4) is 6.07 Å². The molecule has 2 aromatic rings. The van der Waals surface area contributed by atoms with Gasteiger partial charge in [0.15, 0.2) is 0 Å². The van der Waals surface area contributed by atoms with Crippen LogP contribution in [0.1, 0.15) is 17.2 Å². The maximum absolute atomic E-state index is 9.19. The molecule has 1 aromatic carbocycles. The molecular weight excluding hydrogens is 230 g/mol. The minimum Gasteiger partial charge on any atom is -0.468 e. The van der Waals surface area contributed by atoms with Crippen LogP contribution in [-0.4, -0.2) is 5.75 Å². The number of nitrogens with zero attached hydrogens (tertiary/aromatic N) is 1. The minimum absolute atomic E-state index is 0.0736. The Balaban J connectivity index is 2.03. The SMILES string of the molecule is Cc1occc1SCC(C#N)c1ccccc1. The first-order valence-corrected chi connectivity index (χ1v) is 6.41. The molecule has 0 aliphatic carbocycles. The van der Waals surface area contributed by atoms with Gasteiger partial charge in [-0.3, -0.25) is 0 Å². The number of nitriles is 1. The normalized spacial score (nSPS) is 12.0. The third kappa shape index (κ3) is 2.92. The van der Waals surface area contributed by atoms with Gasteiger partial charge >= 0.3 is 0 Å². The van der Waals surface area contributed by atoms with E-state index >= 15 is 0 Å². The van der Waals surface area contributed by atoms with Crippen LogP contribution in [0.2, 0.25) is 0 Å². The number of furan rings is 1. The van der Waals surface area contributed by atoms with Gasteiger partial charge in [0.05, 0.1) is 18.3 Å². The highest BCUT2D eigenvalue weighted by molar-refractivity contribution is 7.99. The molecule has 0 aliphatic rings. The lowest BCUT2D eigenvalue weighted by Crippen LogP contribution is -1.98. The van der Waals surface area contributed by atoms with E-state index in [9.17, 15) is 5.26 Å². The van der Waals surface area contributed by atoms with Crippen LogP contribution in [-0.2, 0) is 0 Å². The second-order valence-corrected chi connectivity index (χ2v) is 4.81. The zero-order valence-corrected chi connectivity index (χ0v) is 10.4. The van der Waals surface area contributed by atoms with Crippen molar-refractivity contribution >= 4 is 11.8 Å². The van der Waals surface area contributed by atoms with Crippen molar-refractivity contribution in [3.05, 3.63) is 54.0 Å². The summed E-state index contributed by atoms with van der Waals surface area (Å²) in [6.45, 7) is 1.94. The highest BCUT2D eigenvalue weighted by Gasteiger charge is 2.12. The Morgan fingerprint density at radius 3 is 2.65 bits per heavy atom. The first-order valence-electron chi connectivity index (χ1n) is 5.42. The predicted molar refractivity (Wildman–Crippen MR) is 69.0 cm³/mol. The van der Waals surface area contributed by atoms with Crippen molar-refractivity contribution in [2.24, 2.45) is 0 Å². The minimum atomic E-state index is -0.0736. The predicted octanol–water partition coefficient (Wildman–Crippen LogP) is 3.99. The first-order chi connectivity index (χ1) is 8.31. The fourth-order valence-corrected chi connectivity index (χ4v) is 2.61. The van der Waals surface area contributed by atoms with E-state index in [1.807, 2.05) is 43.3 Å². The average molecular weight is 243 g/mol. The van der Waals surface area contributed by atoms with Gasteiger partial charge in [0.25, 0.3) is 0 Å². The van der Waals surface area contributed by atoms with Crippen LogP contribution in [0.4, 0.5) is 0 Å². The van der Waals surface area contributed by atoms with Gasteiger partial charge in [-0.15, -0.1) is 11.8 Å². The lowest BCUT2D eigenvalue weighted by Gasteiger charge is -2.08.